The van der Waals surface area contributed by atoms with Crippen LogP contribution in [0.15, 0.2) is 29.2 Å². The van der Waals surface area contributed by atoms with Crippen LogP contribution in [0.2, 0.25) is 0 Å². The summed E-state index contributed by atoms with van der Waals surface area (Å²) in [7, 11) is -3.07. The molecule has 2 bridgehead atoms. The maximum Gasteiger partial charge on any atom is 0.175 e. The molecule has 2 aliphatic heterocycles. The lowest BCUT2D eigenvalue weighted by Gasteiger charge is -2.20. The van der Waals surface area contributed by atoms with Crippen LogP contribution in [0.1, 0.15) is 30.7 Å². The molecule has 0 saturated carbocycles. The van der Waals surface area contributed by atoms with Crippen LogP contribution in [0.3, 0.4) is 0 Å². The van der Waals surface area contributed by atoms with Gasteiger partial charge in [0, 0.05) is 24.3 Å². The van der Waals surface area contributed by atoms with Crippen LogP contribution in [0.5, 0.6) is 0 Å². The summed E-state index contributed by atoms with van der Waals surface area (Å²) in [4.78, 5) is 0.414. The molecule has 3 nitrogen and oxygen atoms in total. The Bertz CT molecular complexity index is 521. The monoisotopic (exact) mass is 251 g/mol. The van der Waals surface area contributed by atoms with E-state index in [1.54, 1.807) is 12.1 Å². The summed E-state index contributed by atoms with van der Waals surface area (Å²) < 4.78 is 22.8. The normalized spacial score (nSPS) is 31.9. The first-order valence-corrected chi connectivity index (χ1v) is 7.99. The molecule has 17 heavy (non-hydrogen) atoms. The lowest BCUT2D eigenvalue weighted by atomic mass is 9.84. The molecule has 0 aromatic heterocycles. The minimum Gasteiger partial charge on any atom is -0.311 e. The van der Waals surface area contributed by atoms with Crippen LogP contribution in [0.25, 0.3) is 0 Å². The lowest BCUT2D eigenvalue weighted by Crippen LogP contribution is -2.21. The molecule has 4 heteroatoms. The molecule has 3 rings (SSSR count). The zero-order valence-corrected chi connectivity index (χ0v) is 10.7. The van der Waals surface area contributed by atoms with E-state index in [0.29, 0.717) is 22.9 Å². The van der Waals surface area contributed by atoms with Crippen LogP contribution in [0.4, 0.5) is 0 Å². The Morgan fingerprint density at radius 1 is 1.18 bits per heavy atom. The molecule has 2 fully saturated rings. The van der Waals surface area contributed by atoms with Crippen LogP contribution in [-0.4, -0.2) is 26.8 Å². The Kier molecular flexibility index (Phi) is 2.52. The van der Waals surface area contributed by atoms with Crippen molar-refractivity contribution < 1.29 is 8.42 Å². The summed E-state index contributed by atoms with van der Waals surface area (Å²) in [6, 6.07) is 8.70. The fourth-order valence-electron chi connectivity index (χ4n) is 3.15. The van der Waals surface area contributed by atoms with Crippen molar-refractivity contribution in [2.45, 2.75) is 42.2 Å². The highest BCUT2D eigenvalue weighted by Crippen LogP contribution is 2.39. The van der Waals surface area contributed by atoms with Crippen molar-refractivity contribution in [3.8, 4) is 0 Å². The van der Waals surface area contributed by atoms with Gasteiger partial charge in [-0.25, -0.2) is 8.42 Å². The average molecular weight is 251 g/mol. The highest BCUT2D eigenvalue weighted by molar-refractivity contribution is 7.90. The number of fused-ring (bicyclic) bond motifs is 2. The number of hydrogen-bond donors (Lipinski definition) is 1. The number of hydrogen-bond acceptors (Lipinski definition) is 3. The number of nitrogens with one attached hydrogen (secondary N) is 1. The van der Waals surface area contributed by atoms with E-state index >= 15 is 0 Å². The molecule has 92 valence electrons. The van der Waals surface area contributed by atoms with Crippen LogP contribution in [0, 0.1) is 0 Å². The maximum absolute atomic E-state index is 11.4. The second kappa shape index (κ2) is 3.82. The van der Waals surface area contributed by atoms with Gasteiger partial charge in [-0.3, -0.25) is 0 Å². The van der Waals surface area contributed by atoms with Gasteiger partial charge in [0.25, 0.3) is 0 Å². The van der Waals surface area contributed by atoms with Gasteiger partial charge in [0.2, 0.25) is 0 Å². The predicted octanol–water partition coefficient (Wildman–Crippen LogP) is 1.70. The molecule has 0 radical (unpaired) electrons. The highest BCUT2D eigenvalue weighted by Gasteiger charge is 2.39. The van der Waals surface area contributed by atoms with Crippen molar-refractivity contribution >= 4 is 9.84 Å². The number of benzene rings is 1. The van der Waals surface area contributed by atoms with E-state index in [1.165, 1.54) is 31.1 Å². The van der Waals surface area contributed by atoms with Gasteiger partial charge in [-0.05, 0) is 37.0 Å². The molecule has 3 unspecified atom stereocenters. The van der Waals surface area contributed by atoms with Gasteiger partial charge >= 0.3 is 0 Å². The summed E-state index contributed by atoms with van der Waals surface area (Å²) in [5.41, 5.74) is 1.28. The highest BCUT2D eigenvalue weighted by atomic mass is 32.2. The van der Waals surface area contributed by atoms with E-state index in [4.69, 9.17) is 0 Å². The van der Waals surface area contributed by atoms with E-state index in [-0.39, 0.29) is 0 Å². The van der Waals surface area contributed by atoms with Gasteiger partial charge < -0.3 is 5.32 Å². The average Bonchev–Trinajstić information content (AvgIpc) is 2.89. The van der Waals surface area contributed by atoms with E-state index in [0.717, 1.165) is 0 Å². The molecule has 0 spiro atoms. The molecule has 0 amide bonds. The standard InChI is InChI=1S/C13H17NO2S/c1-17(15,16)11-5-2-9(3-6-11)12-8-10-4-7-13(12)14-10/h2-3,5-6,10,12-14H,4,7-8H2,1H3. The Morgan fingerprint density at radius 2 is 1.88 bits per heavy atom. The Hall–Kier alpha value is -0.870. The summed E-state index contributed by atoms with van der Waals surface area (Å²) in [6.45, 7) is 0. The van der Waals surface area contributed by atoms with Gasteiger partial charge in [0.15, 0.2) is 9.84 Å². The summed E-state index contributed by atoms with van der Waals surface area (Å²) in [6.07, 6.45) is 5.00. The zero-order valence-electron chi connectivity index (χ0n) is 9.89. The third kappa shape index (κ3) is 2.00. The lowest BCUT2D eigenvalue weighted by molar-refractivity contribution is 0.506. The first-order chi connectivity index (χ1) is 8.04. The zero-order chi connectivity index (χ0) is 12.0. The molecule has 1 N–H and O–H groups in total. The van der Waals surface area contributed by atoms with Gasteiger partial charge in [-0.15, -0.1) is 0 Å². The third-order valence-corrected chi connectivity index (χ3v) is 5.16. The van der Waals surface area contributed by atoms with Crippen molar-refractivity contribution in [2.24, 2.45) is 0 Å². The van der Waals surface area contributed by atoms with E-state index in [9.17, 15) is 8.42 Å². The van der Waals surface area contributed by atoms with Crippen LogP contribution < -0.4 is 5.32 Å². The molecule has 2 heterocycles. The summed E-state index contributed by atoms with van der Waals surface area (Å²) in [5, 5.41) is 3.60. The molecular weight excluding hydrogens is 234 g/mol. The van der Waals surface area contributed by atoms with Crippen LogP contribution >= 0.6 is 0 Å². The van der Waals surface area contributed by atoms with E-state index < -0.39 is 9.84 Å². The third-order valence-electron chi connectivity index (χ3n) is 4.04. The molecule has 2 saturated heterocycles. The van der Waals surface area contributed by atoms with E-state index in [1.807, 2.05) is 12.1 Å². The molecule has 0 aliphatic carbocycles. The first kappa shape index (κ1) is 11.2. The molecule has 3 atom stereocenters. The molecule has 1 aromatic rings. The largest absolute Gasteiger partial charge is 0.311 e. The van der Waals surface area contributed by atoms with Gasteiger partial charge in [-0.1, -0.05) is 12.1 Å². The summed E-state index contributed by atoms with van der Waals surface area (Å²) in [5.74, 6) is 0.572. The predicted molar refractivity (Wildman–Crippen MR) is 66.9 cm³/mol. The summed E-state index contributed by atoms with van der Waals surface area (Å²) >= 11 is 0. The van der Waals surface area contributed by atoms with Crippen molar-refractivity contribution in [2.75, 3.05) is 6.26 Å². The first-order valence-electron chi connectivity index (χ1n) is 6.10. The van der Waals surface area contributed by atoms with E-state index in [2.05, 4.69) is 5.32 Å². The van der Waals surface area contributed by atoms with Gasteiger partial charge in [0.1, 0.15) is 0 Å². The molecule has 2 aliphatic rings. The SMILES string of the molecule is CS(=O)(=O)c1ccc(C2CC3CCC2N3)cc1. The molecular formula is C13H17NO2S. The van der Waals surface area contributed by atoms with Crippen LogP contribution in [-0.2, 0) is 9.84 Å². The van der Waals surface area contributed by atoms with Crippen molar-refractivity contribution in [3.63, 3.8) is 0 Å². The van der Waals surface area contributed by atoms with Crippen molar-refractivity contribution in [1.82, 2.24) is 5.32 Å². The van der Waals surface area contributed by atoms with Gasteiger partial charge in [-0.2, -0.15) is 0 Å². The number of rotatable bonds is 2. The topological polar surface area (TPSA) is 46.2 Å². The Labute approximate surface area is 102 Å². The fraction of sp³-hybridized carbons (Fsp3) is 0.538. The van der Waals surface area contributed by atoms with Crippen molar-refractivity contribution in [3.05, 3.63) is 29.8 Å². The van der Waals surface area contributed by atoms with Crippen molar-refractivity contribution in [1.29, 1.82) is 0 Å². The second-order valence-corrected chi connectivity index (χ2v) is 7.25. The second-order valence-electron chi connectivity index (χ2n) is 5.23. The minimum atomic E-state index is -3.07. The Morgan fingerprint density at radius 3 is 2.35 bits per heavy atom. The Balaban J connectivity index is 1.86. The number of sulfone groups is 1. The molecule has 1 aromatic carbocycles. The smallest absolute Gasteiger partial charge is 0.175 e. The van der Waals surface area contributed by atoms with Gasteiger partial charge in [0.05, 0.1) is 4.90 Å². The maximum atomic E-state index is 11.4. The quantitative estimate of drug-likeness (QED) is 0.870. The fourth-order valence-corrected chi connectivity index (χ4v) is 3.79. The minimum absolute atomic E-state index is 0.414.